The molecule has 0 bridgehead atoms. The van der Waals surface area contributed by atoms with Crippen molar-refractivity contribution in [3.63, 3.8) is 0 Å². The molecule has 1 N–H and O–H groups in total. The molecule has 0 fully saturated rings. The Kier molecular flexibility index (Phi) is 4.47. The minimum Gasteiger partial charge on any atom is -0.305 e. The van der Waals surface area contributed by atoms with Gasteiger partial charge in [0.1, 0.15) is 6.17 Å². The second-order valence-corrected chi connectivity index (χ2v) is 8.53. The summed E-state index contributed by atoms with van der Waals surface area (Å²) < 4.78 is 2.24. The number of aromatic nitrogens is 2. The minimum atomic E-state index is -0.000574. The molecule has 26 heavy (non-hydrogen) atoms. The Balaban J connectivity index is 1.76. The van der Waals surface area contributed by atoms with Crippen LogP contribution in [0.4, 0.5) is 0 Å². The number of benzene rings is 2. The molecule has 2 aromatic carbocycles. The Bertz CT molecular complexity index is 921. The van der Waals surface area contributed by atoms with E-state index >= 15 is 0 Å². The molecule has 0 saturated heterocycles. The highest BCUT2D eigenvalue weighted by molar-refractivity contribution is 8.08. The van der Waals surface area contributed by atoms with Gasteiger partial charge in [-0.05, 0) is 32.4 Å². The van der Waals surface area contributed by atoms with E-state index in [1.807, 2.05) is 6.07 Å². The average Bonchev–Trinajstić information content (AvgIpc) is 3.06. The standard InChI is InChI=1S/C22H23N3S/c1-22(2,3)24-20-14-19(17-12-8-5-9-13-17)26-21-23-18(15-25(20)21)16-10-6-4-7-11-16/h4-15,20,24H,1-3H3/t20-/m0/s1. The molecule has 0 saturated carbocycles. The molecular weight excluding hydrogens is 338 g/mol. The molecular formula is C22H23N3S. The maximum atomic E-state index is 4.92. The first-order chi connectivity index (χ1) is 12.5. The molecule has 0 spiro atoms. The van der Waals surface area contributed by atoms with Gasteiger partial charge in [-0.2, -0.15) is 0 Å². The number of rotatable bonds is 3. The van der Waals surface area contributed by atoms with Crippen LogP contribution in [0.5, 0.6) is 0 Å². The van der Waals surface area contributed by atoms with E-state index in [1.165, 1.54) is 10.5 Å². The van der Waals surface area contributed by atoms with Crippen LogP contribution in [0.3, 0.4) is 0 Å². The van der Waals surface area contributed by atoms with Crippen molar-refractivity contribution in [2.24, 2.45) is 0 Å². The van der Waals surface area contributed by atoms with Crippen LogP contribution < -0.4 is 5.32 Å². The van der Waals surface area contributed by atoms with Crippen LogP contribution in [-0.2, 0) is 0 Å². The topological polar surface area (TPSA) is 29.9 Å². The number of hydrogen-bond acceptors (Lipinski definition) is 3. The fraction of sp³-hybridized carbons (Fsp3) is 0.227. The highest BCUT2D eigenvalue weighted by Gasteiger charge is 2.26. The molecule has 0 unspecified atom stereocenters. The lowest BCUT2D eigenvalue weighted by Crippen LogP contribution is -2.41. The van der Waals surface area contributed by atoms with E-state index in [2.05, 4.69) is 97.5 Å². The molecule has 1 aliphatic heterocycles. The zero-order chi connectivity index (χ0) is 18.1. The number of imidazole rings is 1. The van der Waals surface area contributed by atoms with Crippen LogP contribution in [0.15, 0.2) is 78.1 Å². The maximum absolute atomic E-state index is 4.92. The summed E-state index contributed by atoms with van der Waals surface area (Å²) in [5.74, 6) is 0. The summed E-state index contributed by atoms with van der Waals surface area (Å²) in [4.78, 5) is 6.16. The summed E-state index contributed by atoms with van der Waals surface area (Å²) in [6.07, 6.45) is 4.53. The maximum Gasteiger partial charge on any atom is 0.175 e. The van der Waals surface area contributed by atoms with Gasteiger partial charge in [0.05, 0.1) is 5.69 Å². The third-order valence-electron chi connectivity index (χ3n) is 4.22. The predicted octanol–water partition coefficient (Wildman–Crippen LogP) is 5.58. The Morgan fingerprint density at radius 3 is 2.15 bits per heavy atom. The monoisotopic (exact) mass is 361 g/mol. The number of fused-ring (bicyclic) bond motifs is 1. The molecule has 132 valence electrons. The summed E-state index contributed by atoms with van der Waals surface area (Å²) in [6.45, 7) is 6.58. The van der Waals surface area contributed by atoms with E-state index in [0.29, 0.717) is 0 Å². The second kappa shape index (κ2) is 6.78. The predicted molar refractivity (Wildman–Crippen MR) is 110 cm³/mol. The second-order valence-electron chi connectivity index (χ2n) is 7.52. The van der Waals surface area contributed by atoms with Crippen LogP contribution >= 0.6 is 11.8 Å². The highest BCUT2D eigenvalue weighted by atomic mass is 32.2. The van der Waals surface area contributed by atoms with Crippen LogP contribution in [0.2, 0.25) is 0 Å². The van der Waals surface area contributed by atoms with Crippen molar-refractivity contribution in [2.45, 2.75) is 37.6 Å². The van der Waals surface area contributed by atoms with Crippen LogP contribution in [0.1, 0.15) is 32.5 Å². The third-order valence-corrected chi connectivity index (χ3v) is 5.29. The first kappa shape index (κ1) is 17.1. The molecule has 4 rings (SSSR count). The summed E-state index contributed by atoms with van der Waals surface area (Å²) >= 11 is 1.73. The van der Waals surface area contributed by atoms with E-state index in [4.69, 9.17) is 4.98 Å². The van der Waals surface area contributed by atoms with E-state index in [-0.39, 0.29) is 11.7 Å². The van der Waals surface area contributed by atoms with Gasteiger partial charge < -0.3 is 4.57 Å². The summed E-state index contributed by atoms with van der Waals surface area (Å²) in [6, 6.07) is 20.9. The Morgan fingerprint density at radius 2 is 1.54 bits per heavy atom. The summed E-state index contributed by atoms with van der Waals surface area (Å²) in [5.41, 5.74) is 3.38. The molecule has 1 aromatic heterocycles. The van der Waals surface area contributed by atoms with Gasteiger partial charge in [0, 0.05) is 22.2 Å². The van der Waals surface area contributed by atoms with Gasteiger partial charge in [-0.15, -0.1) is 0 Å². The number of nitrogens with zero attached hydrogens (tertiary/aromatic N) is 2. The molecule has 0 aliphatic carbocycles. The molecule has 3 nitrogen and oxygen atoms in total. The highest BCUT2D eigenvalue weighted by Crippen LogP contribution is 2.41. The lowest BCUT2D eigenvalue weighted by atomic mass is 10.1. The SMILES string of the molecule is CC(C)(C)N[C@@H]1C=C(c2ccccc2)Sc2nc(-c3ccccc3)cn21. The van der Waals surface area contributed by atoms with Crippen molar-refractivity contribution in [3.05, 3.63) is 78.5 Å². The molecule has 0 radical (unpaired) electrons. The Morgan fingerprint density at radius 1 is 0.923 bits per heavy atom. The average molecular weight is 362 g/mol. The number of thioether (sulfide) groups is 1. The van der Waals surface area contributed by atoms with E-state index in [1.54, 1.807) is 11.8 Å². The van der Waals surface area contributed by atoms with Crippen LogP contribution in [-0.4, -0.2) is 15.1 Å². The van der Waals surface area contributed by atoms with Crippen molar-refractivity contribution in [1.29, 1.82) is 0 Å². The summed E-state index contributed by atoms with van der Waals surface area (Å²) in [5, 5.41) is 4.73. The van der Waals surface area contributed by atoms with Crippen molar-refractivity contribution in [2.75, 3.05) is 0 Å². The third kappa shape index (κ3) is 3.62. The molecule has 2 heterocycles. The van der Waals surface area contributed by atoms with E-state index in [0.717, 1.165) is 16.4 Å². The first-order valence-electron chi connectivity index (χ1n) is 8.87. The quantitative estimate of drug-likeness (QED) is 0.660. The Hall–Kier alpha value is -2.30. The normalized spacial score (nSPS) is 16.9. The van der Waals surface area contributed by atoms with Gasteiger partial charge in [-0.3, -0.25) is 5.32 Å². The van der Waals surface area contributed by atoms with Crippen molar-refractivity contribution in [1.82, 2.24) is 14.9 Å². The van der Waals surface area contributed by atoms with E-state index in [9.17, 15) is 0 Å². The van der Waals surface area contributed by atoms with Gasteiger partial charge >= 0.3 is 0 Å². The zero-order valence-electron chi connectivity index (χ0n) is 15.3. The van der Waals surface area contributed by atoms with Gasteiger partial charge in [0.2, 0.25) is 0 Å². The number of nitrogens with one attached hydrogen (secondary N) is 1. The number of hydrogen-bond donors (Lipinski definition) is 1. The largest absolute Gasteiger partial charge is 0.305 e. The van der Waals surface area contributed by atoms with Crippen LogP contribution in [0, 0.1) is 0 Å². The lowest BCUT2D eigenvalue weighted by Gasteiger charge is -2.31. The van der Waals surface area contributed by atoms with Crippen LogP contribution in [0.25, 0.3) is 16.2 Å². The molecule has 1 aliphatic rings. The van der Waals surface area contributed by atoms with Gasteiger partial charge in [0.25, 0.3) is 0 Å². The van der Waals surface area contributed by atoms with Gasteiger partial charge in [-0.25, -0.2) is 4.98 Å². The minimum absolute atomic E-state index is 0.000574. The summed E-state index contributed by atoms with van der Waals surface area (Å²) in [7, 11) is 0. The molecule has 4 heteroatoms. The van der Waals surface area contributed by atoms with Crippen molar-refractivity contribution >= 4 is 16.7 Å². The zero-order valence-corrected chi connectivity index (χ0v) is 16.1. The van der Waals surface area contributed by atoms with Crippen molar-refractivity contribution in [3.8, 4) is 11.3 Å². The molecule has 1 atom stereocenters. The Labute approximate surface area is 159 Å². The van der Waals surface area contributed by atoms with E-state index < -0.39 is 0 Å². The van der Waals surface area contributed by atoms with Gasteiger partial charge in [0.15, 0.2) is 5.16 Å². The first-order valence-corrected chi connectivity index (χ1v) is 9.68. The molecule has 3 aromatic rings. The fourth-order valence-electron chi connectivity index (χ4n) is 3.07. The van der Waals surface area contributed by atoms with Gasteiger partial charge in [-0.1, -0.05) is 72.4 Å². The van der Waals surface area contributed by atoms with Crippen molar-refractivity contribution < 1.29 is 0 Å². The molecule has 0 amide bonds. The fourth-order valence-corrected chi connectivity index (χ4v) is 4.13. The smallest absolute Gasteiger partial charge is 0.175 e. The lowest BCUT2D eigenvalue weighted by molar-refractivity contribution is 0.328.